The number of rotatable bonds is 6. The molecular formula is C23H27N5O. The van der Waals surface area contributed by atoms with E-state index in [1.807, 2.05) is 54.7 Å². The number of nitrogens with one attached hydrogen (secondary N) is 2. The molecule has 1 fully saturated rings. The Kier molecular flexibility index (Phi) is 6.34. The van der Waals surface area contributed by atoms with E-state index >= 15 is 0 Å². The number of hydrogen-bond donors (Lipinski definition) is 2. The lowest BCUT2D eigenvalue weighted by atomic mass is 10.1. The van der Waals surface area contributed by atoms with Crippen LogP contribution in [0.2, 0.25) is 0 Å². The van der Waals surface area contributed by atoms with Crippen molar-refractivity contribution in [1.82, 2.24) is 20.0 Å². The maximum atomic E-state index is 12.4. The molecule has 2 N–H and O–H groups in total. The summed E-state index contributed by atoms with van der Waals surface area (Å²) in [7, 11) is 0. The Balaban J connectivity index is 1.31. The third-order valence-corrected chi connectivity index (χ3v) is 5.28. The van der Waals surface area contributed by atoms with Crippen LogP contribution in [0.4, 0.5) is 5.69 Å². The van der Waals surface area contributed by atoms with Gasteiger partial charge in [-0.2, -0.15) is 5.10 Å². The highest BCUT2D eigenvalue weighted by molar-refractivity contribution is 5.92. The molecule has 0 radical (unpaired) electrons. The summed E-state index contributed by atoms with van der Waals surface area (Å²) in [4.78, 5) is 17.0. The van der Waals surface area contributed by atoms with Gasteiger partial charge in [0.05, 0.1) is 18.4 Å². The molecule has 0 saturated carbocycles. The normalized spacial score (nSPS) is 15.7. The number of aromatic nitrogens is 2. The molecule has 0 aliphatic carbocycles. The number of hydrogen-bond acceptors (Lipinski definition) is 4. The van der Waals surface area contributed by atoms with Crippen molar-refractivity contribution in [3.05, 3.63) is 72.4 Å². The summed E-state index contributed by atoms with van der Waals surface area (Å²) in [6.07, 6.45) is 2.98. The second-order valence-corrected chi connectivity index (χ2v) is 7.46. The number of carbonyl (C=O) groups excluding carboxylic acids is 1. The van der Waals surface area contributed by atoms with Gasteiger partial charge in [-0.25, -0.2) is 0 Å². The van der Waals surface area contributed by atoms with Crippen molar-refractivity contribution in [2.75, 3.05) is 38.0 Å². The molecule has 1 aliphatic heterocycles. The van der Waals surface area contributed by atoms with Gasteiger partial charge in [0.15, 0.2) is 0 Å². The van der Waals surface area contributed by atoms with Crippen LogP contribution in [-0.4, -0.2) is 58.6 Å². The van der Waals surface area contributed by atoms with Crippen LogP contribution < -0.4 is 5.32 Å². The summed E-state index contributed by atoms with van der Waals surface area (Å²) < 4.78 is 0. The molecule has 3 aromatic rings. The predicted molar refractivity (Wildman–Crippen MR) is 115 cm³/mol. The summed E-state index contributed by atoms with van der Waals surface area (Å²) in [6, 6.07) is 20.0. The number of H-pyrrole nitrogens is 1. The van der Waals surface area contributed by atoms with Gasteiger partial charge in [0.2, 0.25) is 5.91 Å². The van der Waals surface area contributed by atoms with E-state index in [0.717, 1.165) is 56.1 Å². The molecule has 0 unspecified atom stereocenters. The minimum absolute atomic E-state index is 0.0471. The van der Waals surface area contributed by atoms with E-state index in [0.29, 0.717) is 6.54 Å². The van der Waals surface area contributed by atoms with Crippen LogP contribution >= 0.6 is 0 Å². The minimum Gasteiger partial charge on any atom is -0.325 e. The summed E-state index contributed by atoms with van der Waals surface area (Å²) in [5.74, 6) is 0.0471. The highest BCUT2D eigenvalue weighted by Gasteiger charge is 2.19. The quantitative estimate of drug-likeness (QED) is 0.679. The van der Waals surface area contributed by atoms with Crippen LogP contribution in [0, 0.1) is 0 Å². The Morgan fingerprint density at radius 2 is 1.62 bits per heavy atom. The van der Waals surface area contributed by atoms with Crippen molar-refractivity contribution in [3.8, 4) is 11.3 Å². The molecule has 4 rings (SSSR count). The van der Waals surface area contributed by atoms with Crippen LogP contribution in [0.15, 0.2) is 66.9 Å². The minimum atomic E-state index is 0.0471. The van der Waals surface area contributed by atoms with E-state index in [1.54, 1.807) is 0 Å². The van der Waals surface area contributed by atoms with Gasteiger partial charge < -0.3 is 5.32 Å². The molecule has 1 saturated heterocycles. The second kappa shape index (κ2) is 9.49. The number of aromatic amines is 1. The predicted octanol–water partition coefficient (Wildman–Crippen LogP) is 3.22. The first-order chi connectivity index (χ1) is 14.3. The Labute approximate surface area is 171 Å². The average Bonchev–Trinajstić information content (AvgIpc) is 3.10. The Morgan fingerprint density at radius 1 is 0.931 bits per heavy atom. The third kappa shape index (κ3) is 5.31. The second-order valence-electron chi connectivity index (χ2n) is 7.46. The van der Waals surface area contributed by atoms with Crippen molar-refractivity contribution in [2.24, 2.45) is 0 Å². The number of carbonyl (C=O) groups is 1. The molecule has 29 heavy (non-hydrogen) atoms. The number of benzene rings is 2. The van der Waals surface area contributed by atoms with E-state index < -0.39 is 0 Å². The molecule has 1 aromatic heterocycles. The van der Waals surface area contributed by atoms with E-state index in [1.165, 1.54) is 5.56 Å². The Morgan fingerprint density at radius 3 is 2.41 bits per heavy atom. The van der Waals surface area contributed by atoms with E-state index in [9.17, 15) is 4.79 Å². The molecule has 0 spiro atoms. The van der Waals surface area contributed by atoms with E-state index in [-0.39, 0.29) is 5.91 Å². The fourth-order valence-corrected chi connectivity index (χ4v) is 3.79. The van der Waals surface area contributed by atoms with Crippen LogP contribution in [0.1, 0.15) is 12.0 Å². The zero-order valence-corrected chi connectivity index (χ0v) is 16.6. The maximum absolute atomic E-state index is 12.4. The Bertz CT molecular complexity index is 909. The average molecular weight is 390 g/mol. The summed E-state index contributed by atoms with van der Waals surface area (Å²) in [6.45, 7) is 5.10. The Hall–Kier alpha value is -2.96. The van der Waals surface area contributed by atoms with Crippen LogP contribution in [0.5, 0.6) is 0 Å². The monoisotopic (exact) mass is 389 g/mol. The summed E-state index contributed by atoms with van der Waals surface area (Å²) >= 11 is 0. The molecule has 0 bridgehead atoms. The van der Waals surface area contributed by atoms with Crippen molar-refractivity contribution >= 4 is 11.6 Å². The molecule has 2 heterocycles. The van der Waals surface area contributed by atoms with Crippen molar-refractivity contribution < 1.29 is 4.79 Å². The first-order valence-electron chi connectivity index (χ1n) is 10.2. The first kappa shape index (κ1) is 19.4. The van der Waals surface area contributed by atoms with E-state index in [2.05, 4.69) is 37.4 Å². The lowest BCUT2D eigenvalue weighted by molar-refractivity contribution is -0.117. The topological polar surface area (TPSA) is 64.3 Å². The summed E-state index contributed by atoms with van der Waals surface area (Å²) in [5, 5.41) is 10.4. The number of nitrogens with zero attached hydrogens (tertiary/aromatic N) is 3. The lowest BCUT2D eigenvalue weighted by Gasteiger charge is -2.21. The number of amides is 1. The first-order valence-corrected chi connectivity index (χ1v) is 10.2. The molecule has 1 aliphatic rings. The van der Waals surface area contributed by atoms with Gasteiger partial charge in [0, 0.05) is 30.9 Å². The zero-order valence-electron chi connectivity index (χ0n) is 16.6. The van der Waals surface area contributed by atoms with Crippen molar-refractivity contribution in [1.29, 1.82) is 0 Å². The van der Waals surface area contributed by atoms with Gasteiger partial charge in [-0.15, -0.1) is 0 Å². The van der Waals surface area contributed by atoms with Gasteiger partial charge in [-0.3, -0.25) is 19.7 Å². The van der Waals surface area contributed by atoms with Crippen molar-refractivity contribution in [2.45, 2.75) is 13.0 Å². The third-order valence-electron chi connectivity index (χ3n) is 5.28. The highest BCUT2D eigenvalue weighted by atomic mass is 16.2. The smallest absolute Gasteiger partial charge is 0.238 e. The molecule has 6 nitrogen and oxygen atoms in total. The standard InChI is InChI=1S/C23H27N5O/c29-22(25-21-10-5-2-6-11-21)18-28-13-7-12-27(14-15-28)17-20-16-24-26-23(20)19-8-3-1-4-9-19/h1-6,8-11,16H,7,12-15,17-18H2,(H,24,26)(H,25,29). The number of para-hydroxylation sites is 1. The molecule has 6 heteroatoms. The molecular weight excluding hydrogens is 362 g/mol. The lowest BCUT2D eigenvalue weighted by Crippen LogP contribution is -2.36. The fourth-order valence-electron chi connectivity index (χ4n) is 3.79. The molecule has 150 valence electrons. The van der Waals surface area contributed by atoms with Gasteiger partial charge in [0.1, 0.15) is 0 Å². The van der Waals surface area contributed by atoms with Crippen LogP contribution in [0.3, 0.4) is 0 Å². The van der Waals surface area contributed by atoms with E-state index in [4.69, 9.17) is 0 Å². The van der Waals surface area contributed by atoms with Gasteiger partial charge in [-0.05, 0) is 37.2 Å². The van der Waals surface area contributed by atoms with Crippen molar-refractivity contribution in [3.63, 3.8) is 0 Å². The molecule has 0 atom stereocenters. The van der Waals surface area contributed by atoms with Crippen LogP contribution in [-0.2, 0) is 11.3 Å². The highest BCUT2D eigenvalue weighted by Crippen LogP contribution is 2.22. The van der Waals surface area contributed by atoms with Gasteiger partial charge in [-0.1, -0.05) is 48.5 Å². The largest absolute Gasteiger partial charge is 0.325 e. The summed E-state index contributed by atoms with van der Waals surface area (Å²) in [5.41, 5.74) is 4.32. The van der Waals surface area contributed by atoms with Gasteiger partial charge in [0.25, 0.3) is 0 Å². The SMILES string of the molecule is O=C(CN1CCCN(Cc2cn[nH]c2-c2ccccc2)CC1)Nc1ccccc1. The zero-order chi connectivity index (χ0) is 19.9. The molecule has 2 aromatic carbocycles. The number of anilines is 1. The van der Waals surface area contributed by atoms with Gasteiger partial charge >= 0.3 is 0 Å². The van der Waals surface area contributed by atoms with Crippen LogP contribution in [0.25, 0.3) is 11.3 Å². The fraction of sp³-hybridized carbons (Fsp3) is 0.304. The maximum Gasteiger partial charge on any atom is 0.238 e. The molecule has 1 amide bonds.